The number of H-pyrrole nitrogens is 1. The number of nitrogens with zero attached hydrogens (tertiary/aromatic N) is 17. The zero-order valence-electron chi connectivity index (χ0n) is 62.2. The zero-order chi connectivity index (χ0) is 80.7. The molecular formula is C80H73Cl7FN21O7. The van der Waals surface area contributed by atoms with Crippen LogP contribution in [0.1, 0.15) is 108 Å². The van der Waals surface area contributed by atoms with E-state index in [4.69, 9.17) is 96.4 Å². The fourth-order valence-corrected chi connectivity index (χ4v) is 17.3. The minimum atomic E-state index is -0.619. The maximum atomic E-state index is 13.7. The zero-order valence-corrected chi connectivity index (χ0v) is 67.5. The van der Waals surface area contributed by atoms with Crippen LogP contribution in [0.15, 0.2) is 128 Å². The number of rotatable bonds is 9. The number of esters is 1. The lowest BCUT2D eigenvalue weighted by Gasteiger charge is -2.39. The fourth-order valence-electron chi connectivity index (χ4n) is 15.9. The molecule has 11 aromatic heterocycles. The van der Waals surface area contributed by atoms with Crippen LogP contribution in [0.2, 0.25) is 35.9 Å². The molecule has 0 unspecified atom stereocenters. The van der Waals surface area contributed by atoms with Crippen LogP contribution < -0.4 is 21.9 Å². The lowest BCUT2D eigenvalue weighted by Crippen LogP contribution is -2.46. The van der Waals surface area contributed by atoms with Crippen molar-refractivity contribution in [3.05, 3.63) is 241 Å². The van der Waals surface area contributed by atoms with E-state index in [0.29, 0.717) is 90.9 Å². The van der Waals surface area contributed by atoms with Gasteiger partial charge in [0.1, 0.15) is 78.6 Å². The van der Waals surface area contributed by atoms with Gasteiger partial charge in [-0.15, -0.1) is 0 Å². The van der Waals surface area contributed by atoms with E-state index in [0.717, 1.165) is 192 Å². The van der Waals surface area contributed by atoms with Gasteiger partial charge >= 0.3 is 11.7 Å². The summed E-state index contributed by atoms with van der Waals surface area (Å²) in [7, 11) is 1.32. The summed E-state index contributed by atoms with van der Waals surface area (Å²) in [5.74, 6) is 1.03. The topological polar surface area (TPSA) is 358 Å². The van der Waals surface area contributed by atoms with Gasteiger partial charge in [-0.05, 0) is 143 Å². The third kappa shape index (κ3) is 18.5. The first-order valence-electron chi connectivity index (χ1n) is 37.4. The number of aromatic nitrogens is 15. The number of anilines is 2. The molecule has 0 atom stereocenters. The smallest absolute Gasteiger partial charge is 0.340 e. The summed E-state index contributed by atoms with van der Waals surface area (Å²) < 4.78 is 29.4. The molecule has 28 nitrogen and oxygen atoms in total. The Morgan fingerprint density at radius 3 is 1.44 bits per heavy atom. The molecule has 5 N–H and O–H groups in total. The largest absolute Gasteiger partial charge is 0.465 e. The summed E-state index contributed by atoms with van der Waals surface area (Å²) in [6.07, 6.45) is 31.8. The number of morpholine rings is 2. The number of methoxy groups -OCH3 is 1. The predicted octanol–water partition coefficient (Wildman–Crippen LogP) is 14.4. The summed E-state index contributed by atoms with van der Waals surface area (Å²) in [6.45, 7) is 7.72. The number of allylic oxidation sites excluding steroid dienone is 1. The molecule has 116 heavy (non-hydrogen) atoms. The van der Waals surface area contributed by atoms with E-state index in [2.05, 4.69) is 99.9 Å². The quantitative estimate of drug-likeness (QED) is 0.0343. The van der Waals surface area contributed by atoms with Crippen LogP contribution >= 0.6 is 81.2 Å². The molecule has 11 aromatic rings. The van der Waals surface area contributed by atoms with Crippen LogP contribution in [0, 0.1) is 15.9 Å². The van der Waals surface area contributed by atoms with Gasteiger partial charge in [0.05, 0.1) is 90.6 Å². The minimum absolute atomic E-state index is 0.00463. The Morgan fingerprint density at radius 2 is 0.948 bits per heavy atom. The number of hydrogen-bond acceptors (Lipinski definition) is 26. The van der Waals surface area contributed by atoms with Crippen molar-refractivity contribution in [3.8, 4) is 55.8 Å². The van der Waals surface area contributed by atoms with Gasteiger partial charge in [-0.3, -0.25) is 34.7 Å². The molecule has 0 radical (unpaired) electrons. The number of ether oxygens (including phenoxy) is 3. The Bertz CT molecular complexity index is 5630. The average molecular weight is 1710 g/mol. The molecule has 2 aliphatic heterocycles. The number of pyridine rings is 7. The molecule has 7 aliphatic carbocycles. The van der Waals surface area contributed by atoms with E-state index in [1.54, 1.807) is 55.6 Å². The van der Waals surface area contributed by atoms with Gasteiger partial charge in [0.2, 0.25) is 0 Å². The number of fused-ring (bicyclic) bond motifs is 13. The first-order chi connectivity index (χ1) is 56.3. The second-order valence-electron chi connectivity index (χ2n) is 28.5. The van der Waals surface area contributed by atoms with Crippen molar-refractivity contribution in [1.29, 1.82) is 0 Å². The highest BCUT2D eigenvalue weighted by molar-refractivity contribution is 6.35. The number of aromatic amines is 1. The highest BCUT2D eigenvalue weighted by Crippen LogP contribution is 2.45. The van der Waals surface area contributed by atoms with Crippen LogP contribution in [0.5, 0.6) is 0 Å². The number of nitrogens with one attached hydrogen (secondary N) is 3. The number of nitro groups is 1. The molecule has 596 valence electrons. The Balaban J connectivity index is 0.000000114. The van der Waals surface area contributed by atoms with Crippen molar-refractivity contribution >= 4 is 110 Å². The van der Waals surface area contributed by atoms with Gasteiger partial charge in [-0.2, -0.15) is 0 Å². The molecule has 20 rings (SSSR count). The second kappa shape index (κ2) is 36.7. The molecule has 36 heteroatoms. The third-order valence-electron chi connectivity index (χ3n) is 21.5. The van der Waals surface area contributed by atoms with Crippen molar-refractivity contribution < 1.29 is 28.3 Å². The van der Waals surface area contributed by atoms with Crippen molar-refractivity contribution in [2.45, 2.75) is 108 Å². The van der Waals surface area contributed by atoms with E-state index >= 15 is 0 Å². The van der Waals surface area contributed by atoms with Crippen LogP contribution in [0.25, 0.3) is 61.3 Å². The van der Waals surface area contributed by atoms with Gasteiger partial charge in [-0.25, -0.2) is 69.0 Å². The molecule has 0 aromatic carbocycles. The van der Waals surface area contributed by atoms with E-state index in [9.17, 15) is 24.1 Å². The maximum Gasteiger partial charge on any atom is 0.340 e. The van der Waals surface area contributed by atoms with E-state index in [-0.39, 0.29) is 27.2 Å². The first-order valence-corrected chi connectivity index (χ1v) is 40.0. The second-order valence-corrected chi connectivity index (χ2v) is 31.2. The number of carbonyl (C=O) groups excluding carboxylic acids is 1. The summed E-state index contributed by atoms with van der Waals surface area (Å²) in [4.78, 5) is 99.2. The van der Waals surface area contributed by atoms with Crippen LogP contribution in [-0.2, 0) is 51.1 Å². The Morgan fingerprint density at radius 1 is 0.517 bits per heavy atom. The van der Waals surface area contributed by atoms with Gasteiger partial charge in [0.25, 0.3) is 5.56 Å². The molecule has 0 spiro atoms. The van der Waals surface area contributed by atoms with Crippen molar-refractivity contribution in [3.63, 3.8) is 0 Å². The molecule has 9 aliphatic rings. The van der Waals surface area contributed by atoms with Crippen molar-refractivity contribution in [2.24, 2.45) is 5.73 Å². The standard InChI is InChI=1S/C25H27FN6O.C20H24ClN5O.C10H5Cl2N3.C10H6ClN3O.C10H9ClN2O2.C5H2Cl2N2O2/c26-18-9-17(12-27-14-18)22-11-21-16(13-28-22)10-23-24(21)25(30-15-29-23)31-19-1-3-20(4-2-19)32-5-7-33-8-6-32;21-18-10-16-13(11-22-18)9-17-19(16)20(24-12-23-17)25-14-1-3-15(4-2-14)26-5-7-27-8-6-26;11-8-2-6-5(3-13-8)1-7-9(6)10(12)15-4-14-7;11-8-2-6-5(3-12-8)1-7-9(6)10(15)14-4-13-7;1-15-10(14)9-6-3-8(11)13-4-5(6)2-7(9)12;6-3-1-5(7)8-2-4(3)9(10)11/h9,11-15,19-20H,1-8,10H2,(H,29,30,31);10-12,14-15H,1-9H2,(H,23,24,25);2-4H,1H2;2-4H,1H2,(H,13,14,15);3-4H,2,12H2,1H3;1-2H. The number of hydrogen-bond donors (Lipinski definition) is 4. The van der Waals surface area contributed by atoms with Gasteiger partial charge in [0.15, 0.2) is 0 Å². The van der Waals surface area contributed by atoms with Gasteiger partial charge in [0, 0.05) is 154 Å². The number of carbonyl (C=O) groups is 1. The molecule has 13 heterocycles. The first kappa shape index (κ1) is 81.1. The predicted molar refractivity (Wildman–Crippen MR) is 439 cm³/mol. The molecule has 0 bridgehead atoms. The summed E-state index contributed by atoms with van der Waals surface area (Å²) in [6, 6.07) is 14.0. The SMILES string of the molecule is COC(=O)C1=C(N)Cc2cnc(Cl)cc21.Clc1cc2c(cn1)Cc1ncnc(Cl)c1-2.Clc1cc2c(cn1)Cc1ncnc(NC3CCC(N4CCOCC4)CC3)c1-2.Fc1cncc(-c2cc3c(cn2)Cc2ncnc(NC4CCC(N5CCOCC5)CC4)c2-3)c1.O=[N+]([O-])c1cnc(Cl)cc1Cl.O=c1[nH]cnc2c1-c1cc(Cl)ncc1C2. The number of nitrogens with two attached hydrogens (primary N) is 1. The lowest BCUT2D eigenvalue weighted by atomic mass is 9.89. The van der Waals surface area contributed by atoms with Crippen molar-refractivity contribution in [1.82, 2.24) is 84.6 Å². The molecular weight excluding hydrogens is 1630 g/mol. The summed E-state index contributed by atoms with van der Waals surface area (Å²) in [5, 5.41) is 19.9. The van der Waals surface area contributed by atoms with E-state index in [1.807, 2.05) is 24.5 Å². The van der Waals surface area contributed by atoms with Gasteiger partial charge in [-0.1, -0.05) is 81.2 Å². The lowest BCUT2D eigenvalue weighted by molar-refractivity contribution is -0.385. The van der Waals surface area contributed by atoms with Gasteiger partial charge < -0.3 is 35.6 Å². The average Bonchev–Trinajstić information content (AvgIpc) is 1.63. The molecule has 2 saturated heterocycles. The summed E-state index contributed by atoms with van der Waals surface area (Å²) in [5.41, 5.74) is 25.2. The third-order valence-corrected chi connectivity index (χ3v) is 23.2. The van der Waals surface area contributed by atoms with E-state index in [1.165, 1.54) is 82.2 Å². The fraction of sp³-hybridized carbons (Fsp3) is 0.325. The normalized spacial score (nSPS) is 18.2. The van der Waals surface area contributed by atoms with Crippen LogP contribution in [0.4, 0.5) is 21.7 Å². The Hall–Kier alpha value is -10.0. The highest BCUT2D eigenvalue weighted by Gasteiger charge is 2.34. The summed E-state index contributed by atoms with van der Waals surface area (Å²) >= 11 is 40.4. The minimum Gasteiger partial charge on any atom is -0.465 e. The van der Waals surface area contributed by atoms with Crippen LogP contribution in [-0.4, -0.2) is 179 Å². The van der Waals surface area contributed by atoms with Crippen molar-refractivity contribution in [2.75, 3.05) is 70.3 Å². The maximum absolute atomic E-state index is 13.7. The Labute approximate surface area is 699 Å². The number of halogens is 8. The molecule has 4 fully saturated rings. The Kier molecular flexibility index (Phi) is 25.6. The van der Waals surface area contributed by atoms with E-state index < -0.39 is 10.9 Å². The monoisotopic (exact) mass is 1700 g/mol. The highest BCUT2D eigenvalue weighted by atomic mass is 35.5. The van der Waals surface area contributed by atoms with Crippen LogP contribution in [0.3, 0.4) is 0 Å². The molecule has 0 amide bonds. The molecule has 2 saturated carbocycles.